The van der Waals surface area contributed by atoms with Crippen molar-refractivity contribution < 1.29 is 19.3 Å². The van der Waals surface area contributed by atoms with Crippen molar-refractivity contribution in [1.29, 1.82) is 0 Å². The van der Waals surface area contributed by atoms with E-state index < -0.39 is 9.85 Å². The Morgan fingerprint density at radius 1 is 1.04 bits per heavy atom. The molecule has 2 heterocycles. The van der Waals surface area contributed by atoms with Gasteiger partial charge in [0.05, 0.1) is 16.5 Å². The molecule has 0 saturated heterocycles. The van der Waals surface area contributed by atoms with E-state index >= 15 is 0 Å². The van der Waals surface area contributed by atoms with Crippen molar-refractivity contribution in [1.82, 2.24) is 9.97 Å². The van der Waals surface area contributed by atoms with Gasteiger partial charge in [-0.05, 0) is 31.9 Å². The van der Waals surface area contributed by atoms with Crippen LogP contribution in [0.3, 0.4) is 0 Å². The zero-order valence-electron chi connectivity index (χ0n) is 13.1. The Kier molecular flexibility index (Phi) is 9.34. The molecule has 13 heteroatoms. The fourth-order valence-corrected chi connectivity index (χ4v) is 2.23. The van der Waals surface area contributed by atoms with Gasteiger partial charge in [-0.3, -0.25) is 20.2 Å². The van der Waals surface area contributed by atoms with E-state index in [1.807, 2.05) is 0 Å². The number of nitrogens with zero attached hydrogens (tertiary/aromatic N) is 4. The number of aromatic nitrogens is 2. The highest BCUT2D eigenvalue weighted by Crippen LogP contribution is 2.27. The maximum absolute atomic E-state index is 10.6. The third kappa shape index (κ3) is 7.15. The molecule has 0 bridgehead atoms. The van der Waals surface area contributed by atoms with Crippen molar-refractivity contribution in [2.45, 2.75) is 0 Å². The van der Waals surface area contributed by atoms with Crippen LogP contribution in [0.4, 0.5) is 11.4 Å². The third-order valence-corrected chi connectivity index (χ3v) is 3.66. The molecule has 26 heavy (non-hydrogen) atoms. The number of ether oxygens (including phenoxy) is 2. The number of pyridine rings is 2. The average molecular weight is 515 g/mol. The maximum atomic E-state index is 10.6. The smallest absolute Gasteiger partial charge is 0.332 e. The molecule has 2 rings (SSSR count). The number of rotatable bonds is 6. The Labute approximate surface area is 169 Å². The van der Waals surface area contributed by atoms with Gasteiger partial charge in [0, 0.05) is 40.6 Å². The van der Waals surface area contributed by atoms with Crippen molar-refractivity contribution in [2.24, 2.45) is 0 Å². The molecule has 10 nitrogen and oxygen atoms in total. The van der Waals surface area contributed by atoms with Crippen LogP contribution in [0.15, 0.2) is 33.5 Å². The molecule has 0 amide bonds. The van der Waals surface area contributed by atoms with Crippen LogP contribution in [0.5, 0.6) is 5.88 Å². The lowest BCUT2D eigenvalue weighted by molar-refractivity contribution is -0.386. The topological polar surface area (TPSA) is 131 Å². The Morgan fingerprint density at radius 3 is 2.08 bits per heavy atom. The van der Waals surface area contributed by atoms with E-state index in [0.29, 0.717) is 15.6 Å². The van der Waals surface area contributed by atoms with Crippen LogP contribution in [0.2, 0.25) is 5.15 Å². The fourth-order valence-electron chi connectivity index (χ4n) is 1.42. The van der Waals surface area contributed by atoms with Gasteiger partial charge in [0.15, 0.2) is 0 Å². The van der Waals surface area contributed by atoms with Crippen LogP contribution in [-0.2, 0) is 4.74 Å². The van der Waals surface area contributed by atoms with Crippen molar-refractivity contribution in [3.63, 3.8) is 0 Å². The quantitative estimate of drug-likeness (QED) is 0.243. The van der Waals surface area contributed by atoms with Crippen LogP contribution < -0.4 is 4.74 Å². The van der Waals surface area contributed by atoms with Crippen LogP contribution in [0.25, 0.3) is 0 Å². The Hall–Kier alpha value is -1.89. The minimum Gasteiger partial charge on any atom is -0.470 e. The van der Waals surface area contributed by atoms with E-state index in [1.165, 1.54) is 31.6 Å². The Bertz CT molecular complexity index is 795. The molecule has 0 atom stereocenters. The van der Waals surface area contributed by atoms with Gasteiger partial charge in [0.1, 0.15) is 6.61 Å². The molecule has 0 aliphatic heterocycles. The summed E-state index contributed by atoms with van der Waals surface area (Å²) in [6.07, 6.45) is 2.84. The van der Waals surface area contributed by atoms with Gasteiger partial charge in [-0.1, -0.05) is 11.6 Å². The molecule has 2 aromatic rings. The molecule has 0 aliphatic rings. The second kappa shape index (κ2) is 11.0. The summed E-state index contributed by atoms with van der Waals surface area (Å²) in [5, 5.41) is 20.8. The van der Waals surface area contributed by atoms with Crippen molar-refractivity contribution in [3.8, 4) is 5.88 Å². The molecular weight excluding hydrogens is 503 g/mol. The first-order valence-corrected chi connectivity index (χ1v) is 8.59. The molecule has 0 aliphatic carbocycles. The number of halogens is 3. The predicted molar refractivity (Wildman–Crippen MR) is 99.6 cm³/mol. The van der Waals surface area contributed by atoms with Gasteiger partial charge in [-0.25, -0.2) is 9.97 Å². The van der Waals surface area contributed by atoms with Gasteiger partial charge < -0.3 is 9.47 Å². The van der Waals surface area contributed by atoms with Gasteiger partial charge in [-0.2, -0.15) is 0 Å². The van der Waals surface area contributed by atoms with Gasteiger partial charge in [0.2, 0.25) is 5.15 Å². The molecule has 0 unspecified atom stereocenters. The average Bonchev–Trinajstić information content (AvgIpc) is 2.58. The number of nitro groups is 2. The highest BCUT2D eigenvalue weighted by molar-refractivity contribution is 9.10. The zero-order chi connectivity index (χ0) is 19.7. The first-order chi connectivity index (χ1) is 12.3. The molecule has 0 fully saturated rings. The summed E-state index contributed by atoms with van der Waals surface area (Å²) in [7, 11) is 1.52. The van der Waals surface area contributed by atoms with Gasteiger partial charge >= 0.3 is 11.4 Å². The van der Waals surface area contributed by atoms with E-state index in [4.69, 9.17) is 21.1 Å². The molecule has 140 valence electrons. The van der Waals surface area contributed by atoms with Crippen LogP contribution >= 0.6 is 43.5 Å². The van der Waals surface area contributed by atoms with Gasteiger partial charge in [0.25, 0.3) is 5.88 Å². The zero-order valence-corrected chi connectivity index (χ0v) is 17.0. The SMILES string of the molecule is COCCOc1ncc(Br)cc1[N+](=O)[O-].O=[N+]([O-])c1cc(Br)cnc1Cl. The summed E-state index contributed by atoms with van der Waals surface area (Å²) in [5.74, 6) is 0.000231. The van der Waals surface area contributed by atoms with Crippen molar-refractivity contribution in [2.75, 3.05) is 20.3 Å². The first kappa shape index (κ1) is 22.2. The lowest BCUT2D eigenvalue weighted by atomic mass is 10.4. The molecule has 0 N–H and O–H groups in total. The molecule has 0 aromatic carbocycles. The Morgan fingerprint density at radius 2 is 1.58 bits per heavy atom. The second-order valence-electron chi connectivity index (χ2n) is 4.30. The normalized spacial score (nSPS) is 9.85. The highest BCUT2D eigenvalue weighted by Gasteiger charge is 2.17. The lowest BCUT2D eigenvalue weighted by Gasteiger charge is -2.04. The molecule has 0 spiro atoms. The van der Waals surface area contributed by atoms with E-state index in [2.05, 4.69) is 41.8 Å². The summed E-state index contributed by atoms with van der Waals surface area (Å²) in [6, 6.07) is 2.64. The molecular formula is C13H11Br2ClN4O6. The van der Waals surface area contributed by atoms with E-state index in [-0.39, 0.29) is 29.0 Å². The van der Waals surface area contributed by atoms with Gasteiger partial charge in [-0.15, -0.1) is 0 Å². The van der Waals surface area contributed by atoms with Crippen molar-refractivity contribution in [3.05, 3.63) is 58.9 Å². The predicted octanol–water partition coefficient (Wildman–Crippen LogP) is 4.18. The molecule has 2 aromatic heterocycles. The summed E-state index contributed by atoms with van der Waals surface area (Å²) >= 11 is 11.6. The summed E-state index contributed by atoms with van der Waals surface area (Å²) in [5.41, 5.74) is -0.360. The monoisotopic (exact) mass is 512 g/mol. The molecule has 0 radical (unpaired) electrons. The largest absolute Gasteiger partial charge is 0.470 e. The third-order valence-electron chi connectivity index (χ3n) is 2.51. The number of hydrogen-bond donors (Lipinski definition) is 0. The van der Waals surface area contributed by atoms with Crippen LogP contribution in [-0.4, -0.2) is 40.1 Å². The van der Waals surface area contributed by atoms with E-state index in [0.717, 1.165) is 0 Å². The van der Waals surface area contributed by atoms with Crippen molar-refractivity contribution >= 4 is 54.8 Å². The Balaban J connectivity index is 0.000000273. The lowest BCUT2D eigenvalue weighted by Crippen LogP contribution is -2.07. The summed E-state index contributed by atoms with van der Waals surface area (Å²) < 4.78 is 10.9. The van der Waals surface area contributed by atoms with Crippen LogP contribution in [0.1, 0.15) is 0 Å². The summed E-state index contributed by atoms with van der Waals surface area (Å²) in [4.78, 5) is 27.1. The number of methoxy groups -OCH3 is 1. The first-order valence-electron chi connectivity index (χ1n) is 6.63. The number of hydrogen-bond acceptors (Lipinski definition) is 8. The minimum atomic E-state index is -0.583. The minimum absolute atomic E-state index is 0.000231. The maximum Gasteiger partial charge on any atom is 0.332 e. The standard InChI is InChI=1S/C8H9BrN2O4.C5H2BrClN2O2/c1-14-2-3-15-8-7(11(12)13)4-6(9)5-10-8;6-3-1-4(9(10)11)5(7)8-2-3/h4-5H,2-3H2,1H3;1-2H. The molecule has 0 saturated carbocycles. The second-order valence-corrected chi connectivity index (χ2v) is 6.49. The van der Waals surface area contributed by atoms with Crippen LogP contribution in [0, 0.1) is 20.2 Å². The summed E-state index contributed by atoms with van der Waals surface area (Å²) in [6.45, 7) is 0.584. The fraction of sp³-hybridized carbons (Fsp3) is 0.231. The van der Waals surface area contributed by atoms with E-state index in [9.17, 15) is 20.2 Å². The van der Waals surface area contributed by atoms with E-state index in [1.54, 1.807) is 0 Å². The highest BCUT2D eigenvalue weighted by atomic mass is 79.9.